The van der Waals surface area contributed by atoms with Gasteiger partial charge in [-0.1, -0.05) is 55.8 Å². The minimum atomic E-state index is -0.282. The number of thioether (sulfide) groups is 1. The van der Waals surface area contributed by atoms with Gasteiger partial charge in [0.25, 0.3) is 0 Å². The van der Waals surface area contributed by atoms with Crippen molar-refractivity contribution in [2.75, 3.05) is 6.61 Å². The molecule has 0 aromatic heterocycles. The Bertz CT molecular complexity index is 838. The van der Waals surface area contributed by atoms with Crippen LogP contribution in [0.2, 0.25) is 0 Å². The molecule has 0 saturated heterocycles. The second kappa shape index (κ2) is 8.30. The third kappa shape index (κ3) is 4.11. The highest BCUT2D eigenvalue weighted by atomic mass is 32.2. The highest BCUT2D eigenvalue weighted by Gasteiger charge is 2.41. The molecule has 0 fully saturated rings. The van der Waals surface area contributed by atoms with Gasteiger partial charge in [-0.2, -0.15) is 0 Å². The number of carbonyl (C=O) groups is 1. The molecule has 0 spiro atoms. The maximum absolute atomic E-state index is 13.5. The van der Waals surface area contributed by atoms with Gasteiger partial charge in [-0.05, 0) is 48.6 Å². The number of ether oxygens (including phenoxy) is 1. The van der Waals surface area contributed by atoms with Gasteiger partial charge >= 0.3 is 5.97 Å². The van der Waals surface area contributed by atoms with Crippen molar-refractivity contribution >= 4 is 23.3 Å². The molecule has 1 heterocycles. The second-order valence-electron chi connectivity index (χ2n) is 7.15. The van der Waals surface area contributed by atoms with Crippen LogP contribution in [0.25, 0.3) is 5.57 Å². The van der Waals surface area contributed by atoms with Crippen LogP contribution >= 0.6 is 11.8 Å². The largest absolute Gasteiger partial charge is 0.463 e. The summed E-state index contributed by atoms with van der Waals surface area (Å²) in [6.07, 6.45) is 0. The van der Waals surface area contributed by atoms with Gasteiger partial charge in [0.1, 0.15) is 5.82 Å². The summed E-state index contributed by atoms with van der Waals surface area (Å²) in [6.45, 7) is 8.46. The number of halogens is 1. The summed E-state index contributed by atoms with van der Waals surface area (Å²) in [5.74, 6) is -0.270. The molecule has 0 aliphatic carbocycles. The van der Waals surface area contributed by atoms with Crippen molar-refractivity contribution in [3.8, 4) is 0 Å². The number of aryl methyl sites for hydroxylation is 1. The molecule has 0 N–H and O–H groups in total. The van der Waals surface area contributed by atoms with Crippen molar-refractivity contribution in [1.29, 1.82) is 0 Å². The topological polar surface area (TPSA) is 26.3 Å². The molecular weight excluding hydrogens is 359 g/mol. The predicted molar refractivity (Wildman–Crippen MR) is 110 cm³/mol. The Balaban J connectivity index is 2.19. The first-order valence-electron chi connectivity index (χ1n) is 9.31. The molecule has 0 bridgehead atoms. The number of carbonyl (C=O) groups excluding carboxylic acids is 1. The van der Waals surface area contributed by atoms with E-state index in [0.29, 0.717) is 12.2 Å². The Labute approximate surface area is 164 Å². The van der Waals surface area contributed by atoms with E-state index in [2.05, 4.69) is 45.0 Å². The molecule has 2 unspecified atom stereocenters. The van der Waals surface area contributed by atoms with Gasteiger partial charge < -0.3 is 4.74 Å². The van der Waals surface area contributed by atoms with E-state index in [-0.39, 0.29) is 28.2 Å². The number of esters is 1. The molecule has 0 radical (unpaired) electrons. The molecule has 142 valence electrons. The van der Waals surface area contributed by atoms with E-state index in [9.17, 15) is 9.18 Å². The Morgan fingerprint density at radius 1 is 1.11 bits per heavy atom. The van der Waals surface area contributed by atoms with Crippen LogP contribution in [0.15, 0.2) is 54.1 Å². The van der Waals surface area contributed by atoms with Gasteiger partial charge in [0.05, 0.1) is 17.4 Å². The van der Waals surface area contributed by atoms with Gasteiger partial charge in [-0.3, -0.25) is 0 Å². The minimum Gasteiger partial charge on any atom is -0.463 e. The Morgan fingerprint density at radius 3 is 2.30 bits per heavy atom. The first-order chi connectivity index (χ1) is 12.9. The minimum absolute atomic E-state index is 0.0165. The van der Waals surface area contributed by atoms with E-state index in [1.165, 1.54) is 17.7 Å². The monoisotopic (exact) mass is 384 g/mol. The quantitative estimate of drug-likeness (QED) is 0.595. The zero-order valence-corrected chi connectivity index (χ0v) is 17.0. The Morgan fingerprint density at radius 2 is 1.74 bits per heavy atom. The van der Waals surface area contributed by atoms with Crippen LogP contribution in [-0.4, -0.2) is 17.8 Å². The van der Waals surface area contributed by atoms with Crippen LogP contribution in [0, 0.1) is 18.7 Å². The van der Waals surface area contributed by atoms with Crippen molar-refractivity contribution in [2.24, 2.45) is 5.92 Å². The average Bonchev–Trinajstić information content (AvgIpc) is 3.04. The lowest BCUT2D eigenvalue weighted by Crippen LogP contribution is -2.20. The zero-order valence-electron chi connectivity index (χ0n) is 16.2. The number of hydrogen-bond donors (Lipinski definition) is 0. The fourth-order valence-electron chi connectivity index (χ4n) is 3.43. The van der Waals surface area contributed by atoms with Crippen LogP contribution in [0.3, 0.4) is 0 Å². The van der Waals surface area contributed by atoms with E-state index in [1.54, 1.807) is 23.9 Å². The zero-order chi connectivity index (χ0) is 19.6. The highest BCUT2D eigenvalue weighted by Crippen LogP contribution is 2.55. The molecule has 1 aliphatic heterocycles. The Kier molecular flexibility index (Phi) is 6.05. The molecule has 0 saturated carbocycles. The van der Waals surface area contributed by atoms with Crippen molar-refractivity contribution in [2.45, 2.75) is 38.2 Å². The fraction of sp³-hybridized carbons (Fsp3) is 0.348. The van der Waals surface area contributed by atoms with E-state index < -0.39 is 0 Å². The highest BCUT2D eigenvalue weighted by molar-refractivity contribution is 8.01. The van der Waals surface area contributed by atoms with Gasteiger partial charge in [0.15, 0.2) is 0 Å². The van der Waals surface area contributed by atoms with E-state index >= 15 is 0 Å². The van der Waals surface area contributed by atoms with E-state index in [0.717, 1.165) is 16.7 Å². The SMILES string of the molecule is CCOC(=O)C1=C(c2ccc(F)cc2)C(c2ccc(C)cc2)SC1C(C)C. The number of hydrogen-bond acceptors (Lipinski definition) is 3. The number of benzene rings is 2. The summed E-state index contributed by atoms with van der Waals surface area (Å²) in [4.78, 5) is 12.9. The average molecular weight is 385 g/mol. The van der Waals surface area contributed by atoms with Gasteiger partial charge in [0.2, 0.25) is 0 Å². The van der Waals surface area contributed by atoms with Crippen LogP contribution in [0.4, 0.5) is 4.39 Å². The Hall–Kier alpha value is -2.07. The summed E-state index contributed by atoms with van der Waals surface area (Å²) in [5, 5.41) is 0.0540. The molecule has 2 aromatic rings. The third-order valence-electron chi connectivity index (χ3n) is 4.76. The lowest BCUT2D eigenvalue weighted by Gasteiger charge is -2.18. The van der Waals surface area contributed by atoms with Crippen molar-refractivity contribution in [3.63, 3.8) is 0 Å². The molecule has 4 heteroatoms. The van der Waals surface area contributed by atoms with E-state index in [4.69, 9.17) is 4.74 Å². The van der Waals surface area contributed by atoms with Crippen molar-refractivity contribution in [1.82, 2.24) is 0 Å². The fourth-order valence-corrected chi connectivity index (χ4v) is 5.11. The van der Waals surface area contributed by atoms with Gasteiger partial charge in [-0.25, -0.2) is 9.18 Å². The summed E-state index contributed by atoms with van der Waals surface area (Å²) in [5.41, 5.74) is 4.88. The smallest absolute Gasteiger partial charge is 0.335 e. The molecule has 0 amide bonds. The molecule has 2 nitrogen and oxygen atoms in total. The maximum Gasteiger partial charge on any atom is 0.335 e. The normalized spacial score (nSPS) is 19.6. The molecule has 1 aliphatic rings. The molecule has 2 atom stereocenters. The molecule has 27 heavy (non-hydrogen) atoms. The van der Waals surface area contributed by atoms with E-state index in [1.807, 2.05) is 6.92 Å². The van der Waals surface area contributed by atoms with Gasteiger partial charge in [0, 0.05) is 5.25 Å². The van der Waals surface area contributed by atoms with Crippen LogP contribution in [0.5, 0.6) is 0 Å². The van der Waals surface area contributed by atoms with Gasteiger partial charge in [-0.15, -0.1) is 11.8 Å². The summed E-state index contributed by atoms with van der Waals surface area (Å²) in [6, 6.07) is 14.8. The van der Waals surface area contributed by atoms with Crippen LogP contribution in [-0.2, 0) is 9.53 Å². The first kappa shape index (κ1) is 19.7. The van der Waals surface area contributed by atoms with Crippen molar-refractivity contribution in [3.05, 3.63) is 76.6 Å². The summed E-state index contributed by atoms with van der Waals surface area (Å²) in [7, 11) is 0. The number of rotatable bonds is 5. The maximum atomic E-state index is 13.5. The van der Waals surface area contributed by atoms with Crippen molar-refractivity contribution < 1.29 is 13.9 Å². The lowest BCUT2D eigenvalue weighted by atomic mass is 9.89. The lowest BCUT2D eigenvalue weighted by molar-refractivity contribution is -0.138. The predicted octanol–water partition coefficient (Wildman–Crippen LogP) is 5.96. The standard InChI is InChI=1S/C23H25FO2S/c1-5-26-23(25)20-19(16-10-12-18(24)13-11-16)22(27-21(20)14(2)3)17-8-6-15(4)7-9-17/h6-14,21-22H,5H2,1-4H3. The third-order valence-corrected chi connectivity index (χ3v) is 6.61. The van der Waals surface area contributed by atoms with Crippen LogP contribution in [0.1, 0.15) is 42.7 Å². The summed E-state index contributed by atoms with van der Waals surface area (Å²) < 4.78 is 18.9. The molecule has 3 rings (SSSR count). The first-order valence-corrected chi connectivity index (χ1v) is 10.3. The second-order valence-corrected chi connectivity index (χ2v) is 8.40. The van der Waals surface area contributed by atoms with Crippen LogP contribution < -0.4 is 0 Å². The summed E-state index contributed by atoms with van der Waals surface area (Å²) >= 11 is 1.78. The molecular formula is C23H25FO2S. The molecule has 2 aromatic carbocycles.